The molecule has 1 aromatic rings. The molecular weight excluding hydrogens is 254 g/mol. The average molecular weight is 281 g/mol. The maximum Gasteiger partial charge on any atom is 0.186 e. The van der Waals surface area contributed by atoms with E-state index in [4.69, 9.17) is 4.98 Å². The Morgan fingerprint density at radius 3 is 2.79 bits per heavy atom. The molecule has 1 saturated heterocycles. The van der Waals surface area contributed by atoms with Gasteiger partial charge in [-0.25, -0.2) is 4.98 Å². The van der Waals surface area contributed by atoms with Crippen LogP contribution in [0.2, 0.25) is 0 Å². The molecule has 0 spiro atoms. The first-order valence-corrected chi connectivity index (χ1v) is 8.39. The summed E-state index contributed by atoms with van der Waals surface area (Å²) in [6.07, 6.45) is 3.84. The number of nitrogens with zero attached hydrogens (tertiary/aromatic N) is 2. The third-order valence-corrected chi connectivity index (χ3v) is 5.56. The standard InChI is InChI=1S/C15H27N3S/c1-6-13-9-8-10(3)18(13)15-17-12(5)14(19-15)11(4)16-7-2/h10-11,13,16H,6-9H2,1-5H3. The van der Waals surface area contributed by atoms with Gasteiger partial charge >= 0.3 is 0 Å². The van der Waals surface area contributed by atoms with E-state index in [2.05, 4.69) is 44.8 Å². The molecule has 1 fully saturated rings. The fourth-order valence-corrected chi connectivity index (χ4v) is 4.39. The van der Waals surface area contributed by atoms with E-state index in [1.807, 2.05) is 11.3 Å². The van der Waals surface area contributed by atoms with Crippen LogP contribution in [0.4, 0.5) is 5.13 Å². The summed E-state index contributed by atoms with van der Waals surface area (Å²) in [6.45, 7) is 12.2. The Bertz CT molecular complexity index is 416. The Morgan fingerprint density at radius 1 is 1.42 bits per heavy atom. The van der Waals surface area contributed by atoms with Gasteiger partial charge in [0, 0.05) is 23.0 Å². The predicted octanol–water partition coefficient (Wildman–Crippen LogP) is 3.89. The first-order chi connectivity index (χ1) is 9.08. The van der Waals surface area contributed by atoms with Crippen LogP contribution in [-0.4, -0.2) is 23.6 Å². The fourth-order valence-electron chi connectivity index (χ4n) is 3.12. The Balaban J connectivity index is 2.23. The zero-order valence-electron chi connectivity index (χ0n) is 12.9. The summed E-state index contributed by atoms with van der Waals surface area (Å²) in [5.74, 6) is 0. The zero-order valence-corrected chi connectivity index (χ0v) is 13.7. The number of aromatic nitrogens is 1. The van der Waals surface area contributed by atoms with Gasteiger partial charge in [0.2, 0.25) is 0 Å². The molecule has 108 valence electrons. The van der Waals surface area contributed by atoms with Gasteiger partial charge < -0.3 is 10.2 Å². The van der Waals surface area contributed by atoms with Gasteiger partial charge in [-0.3, -0.25) is 0 Å². The van der Waals surface area contributed by atoms with Crippen molar-refractivity contribution in [2.45, 2.75) is 72.0 Å². The second-order valence-electron chi connectivity index (χ2n) is 5.62. The summed E-state index contributed by atoms with van der Waals surface area (Å²) < 4.78 is 0. The summed E-state index contributed by atoms with van der Waals surface area (Å²) in [7, 11) is 0. The van der Waals surface area contributed by atoms with Gasteiger partial charge in [-0.05, 0) is 46.6 Å². The molecular formula is C15H27N3S. The van der Waals surface area contributed by atoms with Crippen LogP contribution in [0.1, 0.15) is 63.6 Å². The second kappa shape index (κ2) is 6.23. The molecule has 3 atom stereocenters. The third kappa shape index (κ3) is 2.95. The van der Waals surface area contributed by atoms with Gasteiger partial charge in [0.05, 0.1) is 5.69 Å². The number of nitrogens with one attached hydrogen (secondary N) is 1. The van der Waals surface area contributed by atoms with Crippen LogP contribution in [0, 0.1) is 6.92 Å². The van der Waals surface area contributed by atoms with E-state index in [-0.39, 0.29) is 0 Å². The highest BCUT2D eigenvalue weighted by Crippen LogP contribution is 2.37. The second-order valence-corrected chi connectivity index (χ2v) is 6.63. The van der Waals surface area contributed by atoms with Gasteiger partial charge in [-0.1, -0.05) is 25.2 Å². The summed E-state index contributed by atoms with van der Waals surface area (Å²) >= 11 is 1.88. The fraction of sp³-hybridized carbons (Fsp3) is 0.800. The molecule has 1 aliphatic heterocycles. The van der Waals surface area contributed by atoms with Crippen LogP contribution in [-0.2, 0) is 0 Å². The zero-order chi connectivity index (χ0) is 14.0. The summed E-state index contributed by atoms with van der Waals surface area (Å²) in [5, 5.41) is 4.73. The molecule has 0 radical (unpaired) electrons. The lowest BCUT2D eigenvalue weighted by molar-refractivity contribution is 0.603. The SMILES string of the molecule is CCNC(C)c1sc(N2C(C)CCC2CC)nc1C. The maximum atomic E-state index is 4.85. The summed E-state index contributed by atoms with van der Waals surface area (Å²) in [6, 6.07) is 1.73. The molecule has 0 amide bonds. The topological polar surface area (TPSA) is 28.2 Å². The van der Waals surface area contributed by atoms with E-state index in [0.29, 0.717) is 18.1 Å². The molecule has 0 aliphatic carbocycles. The molecule has 4 heteroatoms. The maximum absolute atomic E-state index is 4.85. The van der Waals surface area contributed by atoms with Crippen molar-refractivity contribution in [2.24, 2.45) is 0 Å². The summed E-state index contributed by atoms with van der Waals surface area (Å²) in [5.41, 5.74) is 1.20. The molecule has 0 saturated carbocycles. The van der Waals surface area contributed by atoms with Crippen molar-refractivity contribution in [1.82, 2.24) is 10.3 Å². The van der Waals surface area contributed by atoms with Crippen LogP contribution in [0.3, 0.4) is 0 Å². The number of thiazole rings is 1. The monoisotopic (exact) mass is 281 g/mol. The van der Waals surface area contributed by atoms with E-state index in [9.17, 15) is 0 Å². The Labute approximate surface area is 121 Å². The first kappa shape index (κ1) is 14.8. The Morgan fingerprint density at radius 2 is 2.16 bits per heavy atom. The van der Waals surface area contributed by atoms with Crippen LogP contribution >= 0.6 is 11.3 Å². The van der Waals surface area contributed by atoms with E-state index in [0.717, 1.165) is 6.54 Å². The lowest BCUT2D eigenvalue weighted by Crippen LogP contribution is -2.33. The van der Waals surface area contributed by atoms with Crippen LogP contribution in [0.5, 0.6) is 0 Å². The molecule has 1 N–H and O–H groups in total. The van der Waals surface area contributed by atoms with E-state index < -0.39 is 0 Å². The summed E-state index contributed by atoms with van der Waals surface area (Å²) in [4.78, 5) is 8.80. The molecule has 1 aliphatic rings. The van der Waals surface area contributed by atoms with Gasteiger partial charge in [-0.2, -0.15) is 0 Å². The lowest BCUT2D eigenvalue weighted by atomic mass is 10.2. The van der Waals surface area contributed by atoms with Crippen LogP contribution in [0.15, 0.2) is 0 Å². The molecule has 2 rings (SSSR count). The number of anilines is 1. The van der Waals surface area contributed by atoms with Crippen molar-refractivity contribution in [3.05, 3.63) is 10.6 Å². The van der Waals surface area contributed by atoms with Crippen LogP contribution < -0.4 is 10.2 Å². The van der Waals surface area contributed by atoms with E-state index in [1.165, 1.54) is 35.0 Å². The van der Waals surface area contributed by atoms with E-state index in [1.54, 1.807) is 0 Å². The largest absolute Gasteiger partial charge is 0.342 e. The molecule has 3 nitrogen and oxygen atoms in total. The molecule has 3 unspecified atom stereocenters. The van der Waals surface area contributed by atoms with Crippen molar-refractivity contribution in [3.63, 3.8) is 0 Å². The average Bonchev–Trinajstić information content (AvgIpc) is 2.92. The van der Waals surface area contributed by atoms with Crippen molar-refractivity contribution in [1.29, 1.82) is 0 Å². The smallest absolute Gasteiger partial charge is 0.186 e. The highest BCUT2D eigenvalue weighted by Gasteiger charge is 2.32. The minimum absolute atomic E-state index is 0.411. The van der Waals surface area contributed by atoms with Crippen molar-refractivity contribution >= 4 is 16.5 Å². The van der Waals surface area contributed by atoms with Gasteiger partial charge in [0.25, 0.3) is 0 Å². The van der Waals surface area contributed by atoms with Crippen molar-refractivity contribution < 1.29 is 0 Å². The molecule has 1 aromatic heterocycles. The third-order valence-electron chi connectivity index (χ3n) is 4.20. The normalized spacial score (nSPS) is 25.0. The number of hydrogen-bond acceptors (Lipinski definition) is 4. The number of hydrogen-bond donors (Lipinski definition) is 1. The highest BCUT2D eigenvalue weighted by atomic mass is 32.1. The minimum Gasteiger partial charge on any atom is -0.342 e. The van der Waals surface area contributed by atoms with Crippen molar-refractivity contribution in [3.8, 4) is 0 Å². The highest BCUT2D eigenvalue weighted by molar-refractivity contribution is 7.15. The number of rotatable bonds is 5. The van der Waals surface area contributed by atoms with Crippen molar-refractivity contribution in [2.75, 3.05) is 11.4 Å². The Hall–Kier alpha value is -0.610. The molecule has 2 heterocycles. The van der Waals surface area contributed by atoms with Gasteiger partial charge in [0.15, 0.2) is 5.13 Å². The molecule has 0 aromatic carbocycles. The van der Waals surface area contributed by atoms with Crippen LogP contribution in [0.25, 0.3) is 0 Å². The predicted molar refractivity (Wildman–Crippen MR) is 84.2 cm³/mol. The van der Waals surface area contributed by atoms with E-state index >= 15 is 0 Å². The Kier molecular flexibility index (Phi) is 4.85. The number of aryl methyl sites for hydroxylation is 1. The first-order valence-electron chi connectivity index (χ1n) is 7.57. The lowest BCUT2D eigenvalue weighted by Gasteiger charge is -2.27. The van der Waals surface area contributed by atoms with Gasteiger partial charge in [-0.15, -0.1) is 0 Å². The quantitative estimate of drug-likeness (QED) is 0.887. The minimum atomic E-state index is 0.411. The van der Waals surface area contributed by atoms with Gasteiger partial charge in [0.1, 0.15) is 0 Å². The molecule has 0 bridgehead atoms. The molecule has 19 heavy (non-hydrogen) atoms.